The fraction of sp³-hybridized carbons (Fsp3) is 1.00. The van der Waals surface area contributed by atoms with Crippen molar-refractivity contribution in [2.75, 3.05) is 20.3 Å². The van der Waals surface area contributed by atoms with Crippen molar-refractivity contribution in [1.82, 2.24) is 5.32 Å². The van der Waals surface area contributed by atoms with Crippen molar-refractivity contribution in [3.8, 4) is 0 Å². The Hall–Kier alpha value is -0.120. The second-order valence-corrected chi connectivity index (χ2v) is 3.90. The van der Waals surface area contributed by atoms with E-state index in [1.165, 1.54) is 0 Å². The molecule has 0 saturated heterocycles. The summed E-state index contributed by atoms with van der Waals surface area (Å²) in [6.07, 6.45) is 0.579. The Morgan fingerprint density at radius 1 is 1.31 bits per heavy atom. The number of aliphatic hydroxyl groups excluding tert-OH is 1. The summed E-state index contributed by atoms with van der Waals surface area (Å²) in [7, 11) is 1.71. The summed E-state index contributed by atoms with van der Waals surface area (Å²) in [6, 6.07) is 0.392. The van der Waals surface area contributed by atoms with Gasteiger partial charge in [0.25, 0.3) is 0 Å². The van der Waals surface area contributed by atoms with Crippen molar-refractivity contribution in [3.63, 3.8) is 0 Å². The predicted octanol–water partition coefficient (Wildman–Crippen LogP) is 1.02. The number of nitrogens with one attached hydrogen (secondary N) is 1. The molecule has 0 spiro atoms. The summed E-state index contributed by atoms with van der Waals surface area (Å²) >= 11 is 0. The molecule has 3 nitrogen and oxygen atoms in total. The van der Waals surface area contributed by atoms with Gasteiger partial charge in [-0.25, -0.2) is 0 Å². The normalized spacial score (nSPS) is 16.2. The first-order valence-electron chi connectivity index (χ1n) is 4.98. The van der Waals surface area contributed by atoms with E-state index in [1.54, 1.807) is 7.11 Å². The van der Waals surface area contributed by atoms with Gasteiger partial charge in [-0.1, -0.05) is 13.8 Å². The van der Waals surface area contributed by atoms with E-state index in [9.17, 15) is 0 Å². The number of rotatable bonds is 7. The van der Waals surface area contributed by atoms with Gasteiger partial charge in [-0.3, -0.25) is 0 Å². The lowest BCUT2D eigenvalue weighted by Crippen LogP contribution is -2.38. The SMILES string of the molecule is COCC(NCCC(C)O)C(C)C. The predicted molar refractivity (Wildman–Crippen MR) is 54.8 cm³/mol. The maximum absolute atomic E-state index is 9.06. The highest BCUT2D eigenvalue weighted by Crippen LogP contribution is 2.02. The topological polar surface area (TPSA) is 41.5 Å². The molecule has 0 rings (SSSR count). The quantitative estimate of drug-likeness (QED) is 0.628. The Balaban J connectivity index is 3.57. The van der Waals surface area contributed by atoms with E-state index in [-0.39, 0.29) is 6.10 Å². The van der Waals surface area contributed by atoms with E-state index in [0.29, 0.717) is 12.0 Å². The summed E-state index contributed by atoms with van der Waals surface area (Å²) in [5.41, 5.74) is 0. The van der Waals surface area contributed by atoms with Crippen LogP contribution in [0.25, 0.3) is 0 Å². The first-order chi connectivity index (χ1) is 6.07. The van der Waals surface area contributed by atoms with Gasteiger partial charge in [0.1, 0.15) is 0 Å². The zero-order valence-corrected chi connectivity index (χ0v) is 9.21. The molecule has 0 aromatic rings. The third-order valence-electron chi connectivity index (χ3n) is 2.12. The lowest BCUT2D eigenvalue weighted by molar-refractivity contribution is 0.139. The maximum atomic E-state index is 9.06. The van der Waals surface area contributed by atoms with Gasteiger partial charge in [0.05, 0.1) is 12.7 Å². The Morgan fingerprint density at radius 3 is 2.31 bits per heavy atom. The molecule has 2 unspecified atom stereocenters. The Labute approximate surface area is 81.5 Å². The third kappa shape index (κ3) is 6.99. The molecule has 0 aliphatic rings. The van der Waals surface area contributed by atoms with Crippen LogP contribution >= 0.6 is 0 Å². The van der Waals surface area contributed by atoms with Gasteiger partial charge in [0, 0.05) is 13.2 Å². The van der Waals surface area contributed by atoms with Crippen LogP contribution < -0.4 is 5.32 Å². The smallest absolute Gasteiger partial charge is 0.0618 e. The summed E-state index contributed by atoms with van der Waals surface area (Å²) in [5, 5.41) is 12.4. The second kappa shape index (κ2) is 7.30. The van der Waals surface area contributed by atoms with Gasteiger partial charge in [-0.15, -0.1) is 0 Å². The molecule has 2 N–H and O–H groups in total. The van der Waals surface area contributed by atoms with Crippen LogP contribution in [0.1, 0.15) is 27.2 Å². The number of aliphatic hydroxyl groups is 1. The standard InChI is InChI=1S/C10H23NO2/c1-8(2)10(7-13-4)11-6-5-9(3)12/h8-12H,5-7H2,1-4H3. The van der Waals surface area contributed by atoms with Crippen molar-refractivity contribution in [2.24, 2.45) is 5.92 Å². The summed E-state index contributed by atoms with van der Waals surface area (Å²) in [5.74, 6) is 0.564. The Bertz CT molecular complexity index is 115. The van der Waals surface area contributed by atoms with Crippen LogP contribution in [0.3, 0.4) is 0 Å². The molecule has 0 aliphatic carbocycles. The first-order valence-corrected chi connectivity index (χ1v) is 4.98. The molecule has 3 heteroatoms. The molecule has 0 fully saturated rings. The minimum Gasteiger partial charge on any atom is -0.393 e. The fourth-order valence-electron chi connectivity index (χ4n) is 1.14. The van der Waals surface area contributed by atoms with Crippen LogP contribution in [-0.2, 0) is 4.74 Å². The molecule has 0 amide bonds. The summed E-state index contributed by atoms with van der Waals surface area (Å²) < 4.78 is 5.10. The lowest BCUT2D eigenvalue weighted by atomic mass is 10.1. The van der Waals surface area contributed by atoms with E-state index < -0.39 is 0 Å². The van der Waals surface area contributed by atoms with Crippen molar-refractivity contribution in [2.45, 2.75) is 39.3 Å². The van der Waals surface area contributed by atoms with Crippen LogP contribution in [-0.4, -0.2) is 37.5 Å². The Kier molecular flexibility index (Phi) is 7.23. The van der Waals surface area contributed by atoms with Gasteiger partial charge in [0.2, 0.25) is 0 Å². The van der Waals surface area contributed by atoms with E-state index in [1.807, 2.05) is 6.92 Å². The molecular weight excluding hydrogens is 166 g/mol. The number of ether oxygens (including phenoxy) is 1. The highest BCUT2D eigenvalue weighted by atomic mass is 16.5. The zero-order valence-electron chi connectivity index (χ0n) is 9.21. The fourth-order valence-corrected chi connectivity index (χ4v) is 1.14. The van der Waals surface area contributed by atoms with Crippen LogP contribution in [0.4, 0.5) is 0 Å². The average Bonchev–Trinajstić information content (AvgIpc) is 2.02. The highest BCUT2D eigenvalue weighted by molar-refractivity contribution is 4.69. The summed E-state index contributed by atoms with van der Waals surface area (Å²) in [4.78, 5) is 0. The zero-order chi connectivity index (χ0) is 10.3. The van der Waals surface area contributed by atoms with Gasteiger partial charge in [-0.05, 0) is 25.8 Å². The second-order valence-electron chi connectivity index (χ2n) is 3.90. The maximum Gasteiger partial charge on any atom is 0.0618 e. The molecular formula is C10H23NO2. The van der Waals surface area contributed by atoms with Crippen molar-refractivity contribution in [1.29, 1.82) is 0 Å². The van der Waals surface area contributed by atoms with Crippen molar-refractivity contribution in [3.05, 3.63) is 0 Å². The minimum atomic E-state index is -0.220. The van der Waals surface area contributed by atoms with Crippen molar-refractivity contribution >= 4 is 0 Å². The van der Waals surface area contributed by atoms with Crippen LogP contribution in [0.5, 0.6) is 0 Å². The highest BCUT2D eigenvalue weighted by Gasteiger charge is 2.11. The molecule has 0 saturated carbocycles. The van der Waals surface area contributed by atoms with Crippen LogP contribution in [0, 0.1) is 5.92 Å². The molecule has 0 heterocycles. The summed E-state index contributed by atoms with van der Waals surface area (Å²) in [6.45, 7) is 7.72. The molecule has 0 radical (unpaired) electrons. The monoisotopic (exact) mass is 189 g/mol. The molecule has 13 heavy (non-hydrogen) atoms. The van der Waals surface area contributed by atoms with Crippen molar-refractivity contribution < 1.29 is 9.84 Å². The lowest BCUT2D eigenvalue weighted by Gasteiger charge is -2.21. The number of methoxy groups -OCH3 is 1. The van der Waals surface area contributed by atoms with Gasteiger partial charge in [-0.2, -0.15) is 0 Å². The van der Waals surface area contributed by atoms with E-state index >= 15 is 0 Å². The average molecular weight is 189 g/mol. The van der Waals surface area contributed by atoms with E-state index in [0.717, 1.165) is 19.6 Å². The van der Waals surface area contributed by atoms with Crippen LogP contribution in [0.15, 0.2) is 0 Å². The number of hydrogen-bond donors (Lipinski definition) is 2. The first kappa shape index (κ1) is 12.9. The molecule has 0 aromatic heterocycles. The molecule has 0 aromatic carbocycles. The molecule has 80 valence electrons. The molecule has 2 atom stereocenters. The largest absolute Gasteiger partial charge is 0.393 e. The van der Waals surface area contributed by atoms with E-state index in [4.69, 9.17) is 9.84 Å². The van der Waals surface area contributed by atoms with E-state index in [2.05, 4.69) is 19.2 Å². The van der Waals surface area contributed by atoms with Gasteiger partial charge in [0.15, 0.2) is 0 Å². The molecule has 0 aliphatic heterocycles. The number of hydrogen-bond acceptors (Lipinski definition) is 3. The van der Waals surface area contributed by atoms with Crippen LogP contribution in [0.2, 0.25) is 0 Å². The van der Waals surface area contributed by atoms with Gasteiger partial charge < -0.3 is 15.2 Å². The Morgan fingerprint density at radius 2 is 1.92 bits per heavy atom. The minimum absolute atomic E-state index is 0.220. The third-order valence-corrected chi connectivity index (χ3v) is 2.12. The van der Waals surface area contributed by atoms with Gasteiger partial charge >= 0.3 is 0 Å². The molecule has 0 bridgehead atoms.